The van der Waals surface area contributed by atoms with Crippen LogP contribution in [0.1, 0.15) is 16.1 Å². The van der Waals surface area contributed by atoms with E-state index in [4.69, 9.17) is 4.74 Å². The van der Waals surface area contributed by atoms with Gasteiger partial charge in [-0.05, 0) is 24.6 Å². The van der Waals surface area contributed by atoms with Crippen LogP contribution in [0.2, 0.25) is 0 Å². The summed E-state index contributed by atoms with van der Waals surface area (Å²) in [5.41, 5.74) is 2.28. The van der Waals surface area contributed by atoms with E-state index in [0.29, 0.717) is 17.1 Å². The lowest BCUT2D eigenvalue weighted by Crippen LogP contribution is -2.14. The smallest absolute Gasteiger partial charge is 0.273 e. The zero-order valence-corrected chi connectivity index (χ0v) is 11.9. The van der Waals surface area contributed by atoms with E-state index in [2.05, 4.69) is 10.3 Å². The zero-order valence-electron chi connectivity index (χ0n) is 11.1. The summed E-state index contributed by atoms with van der Waals surface area (Å²) >= 11 is 1.43. The van der Waals surface area contributed by atoms with Gasteiger partial charge in [-0.15, -0.1) is 11.3 Å². The topological polar surface area (TPSA) is 55.6 Å². The number of nitrogens with zero attached hydrogens (tertiary/aromatic N) is 2. The molecule has 1 aromatic carbocycles. The van der Waals surface area contributed by atoms with Gasteiger partial charge in [-0.1, -0.05) is 6.07 Å². The largest absolute Gasteiger partial charge is 0.495 e. The van der Waals surface area contributed by atoms with E-state index in [1.54, 1.807) is 29.3 Å². The molecule has 3 rings (SSSR count). The van der Waals surface area contributed by atoms with Gasteiger partial charge in [-0.25, -0.2) is 4.98 Å². The van der Waals surface area contributed by atoms with Gasteiger partial charge in [-0.2, -0.15) is 0 Å². The molecule has 0 unspecified atom stereocenters. The predicted molar refractivity (Wildman–Crippen MR) is 78.8 cm³/mol. The Labute approximate surface area is 119 Å². The molecule has 1 N–H and O–H groups in total. The number of fused-ring (bicyclic) bond motifs is 1. The van der Waals surface area contributed by atoms with Crippen molar-refractivity contribution in [2.75, 3.05) is 12.4 Å². The van der Waals surface area contributed by atoms with E-state index < -0.39 is 0 Å². The first-order valence-corrected chi connectivity index (χ1v) is 6.93. The number of aryl methyl sites for hydroxylation is 1. The van der Waals surface area contributed by atoms with E-state index in [-0.39, 0.29) is 5.91 Å². The van der Waals surface area contributed by atoms with Gasteiger partial charge in [0.15, 0.2) is 4.96 Å². The van der Waals surface area contributed by atoms with Crippen molar-refractivity contribution in [2.45, 2.75) is 6.92 Å². The SMILES string of the molecule is COc1ccc(C)cc1NC(=O)c1csc2nccn12. The van der Waals surface area contributed by atoms with Crippen molar-refractivity contribution in [1.82, 2.24) is 9.38 Å². The molecule has 2 aromatic heterocycles. The Hall–Kier alpha value is -2.34. The molecule has 3 aromatic rings. The maximum Gasteiger partial charge on any atom is 0.273 e. The minimum Gasteiger partial charge on any atom is -0.495 e. The maximum atomic E-state index is 12.4. The average Bonchev–Trinajstić information content (AvgIpc) is 3.01. The Balaban J connectivity index is 1.93. The number of imidazole rings is 1. The lowest BCUT2D eigenvalue weighted by Gasteiger charge is -2.10. The minimum atomic E-state index is -0.182. The number of anilines is 1. The van der Waals surface area contributed by atoms with Crippen molar-refractivity contribution in [2.24, 2.45) is 0 Å². The molecule has 102 valence electrons. The van der Waals surface area contributed by atoms with Crippen molar-refractivity contribution in [3.63, 3.8) is 0 Å². The summed E-state index contributed by atoms with van der Waals surface area (Å²) in [6.07, 6.45) is 3.45. The number of ether oxygens (including phenoxy) is 1. The van der Waals surface area contributed by atoms with Gasteiger partial charge < -0.3 is 10.1 Å². The van der Waals surface area contributed by atoms with Crippen LogP contribution in [0.15, 0.2) is 36.0 Å². The van der Waals surface area contributed by atoms with Gasteiger partial charge >= 0.3 is 0 Å². The number of hydrogen-bond acceptors (Lipinski definition) is 4. The Morgan fingerprint density at radius 2 is 2.30 bits per heavy atom. The number of hydrogen-bond donors (Lipinski definition) is 1. The van der Waals surface area contributed by atoms with Gasteiger partial charge in [-0.3, -0.25) is 9.20 Å². The molecule has 0 aliphatic carbocycles. The fourth-order valence-corrected chi connectivity index (χ4v) is 2.83. The Kier molecular flexibility index (Phi) is 3.15. The number of amides is 1. The normalized spacial score (nSPS) is 10.7. The summed E-state index contributed by atoms with van der Waals surface area (Å²) in [7, 11) is 1.58. The maximum absolute atomic E-state index is 12.4. The fourth-order valence-electron chi connectivity index (χ4n) is 1.99. The number of rotatable bonds is 3. The predicted octanol–water partition coefficient (Wildman–Crippen LogP) is 2.97. The molecule has 0 bridgehead atoms. The third kappa shape index (κ3) is 2.14. The minimum absolute atomic E-state index is 0.182. The molecule has 6 heteroatoms. The molecule has 0 fully saturated rings. The number of thiazole rings is 1. The molecule has 2 heterocycles. The van der Waals surface area contributed by atoms with Crippen molar-refractivity contribution < 1.29 is 9.53 Å². The van der Waals surface area contributed by atoms with Crippen LogP contribution < -0.4 is 10.1 Å². The Bertz CT molecular complexity index is 776. The van der Waals surface area contributed by atoms with E-state index in [1.165, 1.54) is 11.3 Å². The van der Waals surface area contributed by atoms with Crippen molar-refractivity contribution in [3.8, 4) is 5.75 Å². The van der Waals surface area contributed by atoms with Crippen LogP contribution >= 0.6 is 11.3 Å². The highest BCUT2D eigenvalue weighted by atomic mass is 32.1. The molecule has 20 heavy (non-hydrogen) atoms. The number of nitrogens with one attached hydrogen (secondary N) is 1. The second kappa shape index (κ2) is 4.97. The third-order valence-electron chi connectivity index (χ3n) is 2.98. The first-order valence-electron chi connectivity index (χ1n) is 6.05. The average molecular weight is 287 g/mol. The zero-order chi connectivity index (χ0) is 14.1. The molecule has 0 saturated heterocycles. The summed E-state index contributed by atoms with van der Waals surface area (Å²) in [5.74, 6) is 0.458. The highest BCUT2D eigenvalue weighted by molar-refractivity contribution is 7.15. The molecule has 0 aliphatic rings. The molecular formula is C14H13N3O2S. The van der Waals surface area contributed by atoms with E-state index in [0.717, 1.165) is 10.5 Å². The highest BCUT2D eigenvalue weighted by Gasteiger charge is 2.14. The van der Waals surface area contributed by atoms with Crippen LogP contribution in [0.4, 0.5) is 5.69 Å². The van der Waals surface area contributed by atoms with Crippen molar-refractivity contribution in [1.29, 1.82) is 0 Å². The molecule has 0 spiro atoms. The van der Waals surface area contributed by atoms with Crippen LogP contribution in [0.5, 0.6) is 5.75 Å². The monoisotopic (exact) mass is 287 g/mol. The first-order chi connectivity index (χ1) is 9.69. The number of carbonyl (C=O) groups excluding carboxylic acids is 1. The Morgan fingerprint density at radius 3 is 3.10 bits per heavy atom. The van der Waals surface area contributed by atoms with E-state index >= 15 is 0 Å². The van der Waals surface area contributed by atoms with Crippen LogP contribution in [0.3, 0.4) is 0 Å². The fraction of sp³-hybridized carbons (Fsp3) is 0.143. The molecular weight excluding hydrogens is 274 g/mol. The van der Waals surface area contributed by atoms with E-state index in [9.17, 15) is 4.79 Å². The molecule has 0 aliphatic heterocycles. The molecule has 1 amide bonds. The number of carbonyl (C=O) groups is 1. The van der Waals surface area contributed by atoms with Crippen molar-refractivity contribution >= 4 is 27.9 Å². The summed E-state index contributed by atoms with van der Waals surface area (Å²) in [6, 6.07) is 5.66. The lowest BCUT2D eigenvalue weighted by atomic mass is 10.2. The molecule has 0 saturated carbocycles. The summed E-state index contributed by atoms with van der Waals surface area (Å²) in [5, 5.41) is 4.67. The van der Waals surface area contributed by atoms with Gasteiger partial charge in [0.05, 0.1) is 12.8 Å². The third-order valence-corrected chi connectivity index (χ3v) is 3.83. The van der Waals surface area contributed by atoms with Crippen LogP contribution in [-0.2, 0) is 0 Å². The molecule has 0 radical (unpaired) electrons. The Morgan fingerprint density at radius 1 is 1.45 bits per heavy atom. The summed E-state index contributed by atoms with van der Waals surface area (Å²) < 4.78 is 7.03. The summed E-state index contributed by atoms with van der Waals surface area (Å²) in [6.45, 7) is 1.97. The van der Waals surface area contributed by atoms with E-state index in [1.807, 2.05) is 25.1 Å². The standard InChI is InChI=1S/C14H13N3O2S/c1-9-3-4-12(19-2)10(7-9)16-13(18)11-8-20-14-15-5-6-17(11)14/h3-8H,1-2H3,(H,16,18). The lowest BCUT2D eigenvalue weighted by molar-refractivity contribution is 0.102. The van der Waals surface area contributed by atoms with Gasteiger partial charge in [0.25, 0.3) is 5.91 Å². The highest BCUT2D eigenvalue weighted by Crippen LogP contribution is 2.26. The van der Waals surface area contributed by atoms with Crippen LogP contribution in [-0.4, -0.2) is 22.4 Å². The molecule has 0 atom stereocenters. The quantitative estimate of drug-likeness (QED) is 0.805. The van der Waals surface area contributed by atoms with Crippen LogP contribution in [0, 0.1) is 6.92 Å². The number of benzene rings is 1. The van der Waals surface area contributed by atoms with Gasteiger partial charge in [0, 0.05) is 17.8 Å². The summed E-state index contributed by atoms with van der Waals surface area (Å²) in [4.78, 5) is 17.3. The number of methoxy groups -OCH3 is 1. The number of aromatic nitrogens is 2. The second-order valence-electron chi connectivity index (χ2n) is 4.36. The van der Waals surface area contributed by atoms with Gasteiger partial charge in [0.1, 0.15) is 11.4 Å². The first kappa shape index (κ1) is 12.7. The van der Waals surface area contributed by atoms with Gasteiger partial charge in [0.2, 0.25) is 0 Å². The second-order valence-corrected chi connectivity index (χ2v) is 5.20. The van der Waals surface area contributed by atoms with Crippen molar-refractivity contribution in [3.05, 3.63) is 47.2 Å². The molecule has 5 nitrogen and oxygen atoms in total. The van der Waals surface area contributed by atoms with Crippen LogP contribution in [0.25, 0.3) is 4.96 Å².